The Morgan fingerprint density at radius 2 is 1.77 bits per heavy atom. The lowest BCUT2D eigenvalue weighted by Crippen LogP contribution is -1.95. The molecule has 0 spiro atoms. The fourth-order valence-corrected chi connectivity index (χ4v) is 1.19. The largest absolute Gasteiger partial charge is 0.207 e. The van der Waals surface area contributed by atoms with E-state index in [9.17, 15) is 8.78 Å². The van der Waals surface area contributed by atoms with E-state index in [2.05, 4.69) is 6.58 Å². The van der Waals surface area contributed by atoms with Gasteiger partial charge in [0.1, 0.15) is 11.6 Å². The number of halogens is 2. The normalized spacial score (nSPS) is 10.2. The Kier molecular flexibility index (Phi) is 2.81. The third-order valence-corrected chi connectivity index (χ3v) is 1.99. The number of allylic oxidation sites excluding steroid dienone is 1. The van der Waals surface area contributed by atoms with Gasteiger partial charge in [0.2, 0.25) is 0 Å². The summed E-state index contributed by atoms with van der Waals surface area (Å²) in [6, 6.07) is 2.65. The Morgan fingerprint density at radius 1 is 1.31 bits per heavy atom. The van der Waals surface area contributed by atoms with E-state index in [1.807, 2.05) is 0 Å². The highest BCUT2D eigenvalue weighted by Crippen LogP contribution is 2.20. The lowest BCUT2D eigenvalue weighted by molar-refractivity contribution is 0.558. The third-order valence-electron chi connectivity index (χ3n) is 1.99. The number of rotatable bonds is 2. The summed E-state index contributed by atoms with van der Waals surface area (Å²) in [5.74, 6) is -0.971. The van der Waals surface area contributed by atoms with Crippen molar-refractivity contribution in [3.8, 4) is 0 Å². The van der Waals surface area contributed by atoms with E-state index in [4.69, 9.17) is 0 Å². The molecule has 0 aromatic heterocycles. The minimum Gasteiger partial charge on any atom is -0.207 e. The maximum absolute atomic E-state index is 13.2. The van der Waals surface area contributed by atoms with Crippen LogP contribution in [0.15, 0.2) is 18.7 Å². The van der Waals surface area contributed by atoms with Crippen LogP contribution in [-0.2, 0) is 6.42 Å². The van der Waals surface area contributed by atoms with Gasteiger partial charge in [-0.3, -0.25) is 0 Å². The van der Waals surface area contributed by atoms with Gasteiger partial charge in [-0.2, -0.15) is 0 Å². The first-order valence-electron chi connectivity index (χ1n) is 4.20. The van der Waals surface area contributed by atoms with Gasteiger partial charge in [-0.25, -0.2) is 8.78 Å². The van der Waals surface area contributed by atoms with Crippen LogP contribution in [0.25, 0.3) is 5.57 Å². The van der Waals surface area contributed by atoms with E-state index < -0.39 is 11.6 Å². The van der Waals surface area contributed by atoms with Crippen LogP contribution < -0.4 is 0 Å². The van der Waals surface area contributed by atoms with Crippen molar-refractivity contribution in [2.45, 2.75) is 20.3 Å². The molecule has 0 nitrogen and oxygen atoms in total. The highest BCUT2D eigenvalue weighted by Gasteiger charge is 2.08. The van der Waals surface area contributed by atoms with Crippen LogP contribution in [0.1, 0.15) is 25.0 Å². The van der Waals surface area contributed by atoms with Gasteiger partial charge in [-0.05, 0) is 31.0 Å². The Hall–Kier alpha value is -1.18. The molecule has 0 aliphatic heterocycles. The standard InChI is InChI=1S/C11H12F2/c1-4-9-10(12)5-8(7(2)3)6-11(9)13/h5-6H,2,4H2,1,3H3. The summed E-state index contributed by atoms with van der Waals surface area (Å²) in [6.07, 6.45) is 0.369. The van der Waals surface area contributed by atoms with Gasteiger partial charge in [0.05, 0.1) is 0 Å². The Labute approximate surface area is 76.9 Å². The van der Waals surface area contributed by atoms with Crippen molar-refractivity contribution < 1.29 is 8.78 Å². The smallest absolute Gasteiger partial charge is 0.129 e. The minimum absolute atomic E-state index is 0.144. The molecule has 1 aromatic rings. The number of hydrogen-bond donors (Lipinski definition) is 0. The van der Waals surface area contributed by atoms with Crippen molar-refractivity contribution in [2.75, 3.05) is 0 Å². The van der Waals surface area contributed by atoms with Crippen molar-refractivity contribution in [3.05, 3.63) is 41.5 Å². The first-order valence-corrected chi connectivity index (χ1v) is 4.20. The van der Waals surface area contributed by atoms with Crippen LogP contribution in [0.4, 0.5) is 8.78 Å². The van der Waals surface area contributed by atoms with Crippen LogP contribution in [0, 0.1) is 11.6 Å². The summed E-state index contributed by atoms with van der Waals surface area (Å²) < 4.78 is 26.4. The molecule has 13 heavy (non-hydrogen) atoms. The molecule has 1 aromatic carbocycles. The monoisotopic (exact) mass is 182 g/mol. The average Bonchev–Trinajstić information content (AvgIpc) is 2.03. The molecule has 2 heteroatoms. The second kappa shape index (κ2) is 3.69. The van der Waals surface area contributed by atoms with E-state index >= 15 is 0 Å². The quantitative estimate of drug-likeness (QED) is 0.656. The molecule has 0 saturated heterocycles. The molecule has 70 valence electrons. The predicted octanol–water partition coefficient (Wildman–Crippen LogP) is 3.56. The fraction of sp³-hybridized carbons (Fsp3) is 0.273. The highest BCUT2D eigenvalue weighted by molar-refractivity contribution is 5.61. The van der Waals surface area contributed by atoms with Gasteiger partial charge >= 0.3 is 0 Å². The zero-order valence-electron chi connectivity index (χ0n) is 7.82. The van der Waals surface area contributed by atoms with Gasteiger partial charge in [0.15, 0.2) is 0 Å². The predicted molar refractivity (Wildman–Crippen MR) is 50.4 cm³/mol. The van der Waals surface area contributed by atoms with Crippen LogP contribution in [-0.4, -0.2) is 0 Å². The molecule has 0 fully saturated rings. The van der Waals surface area contributed by atoms with Crippen molar-refractivity contribution in [1.29, 1.82) is 0 Å². The molecular weight excluding hydrogens is 170 g/mol. The molecular formula is C11H12F2. The molecule has 0 aliphatic rings. The van der Waals surface area contributed by atoms with Gasteiger partial charge in [0.25, 0.3) is 0 Å². The molecule has 0 bridgehead atoms. The number of hydrogen-bond acceptors (Lipinski definition) is 0. The second-order valence-corrected chi connectivity index (χ2v) is 3.05. The Morgan fingerprint density at radius 3 is 2.08 bits per heavy atom. The van der Waals surface area contributed by atoms with Crippen LogP contribution in [0.2, 0.25) is 0 Å². The summed E-state index contributed by atoms with van der Waals surface area (Å²) >= 11 is 0. The maximum atomic E-state index is 13.2. The molecule has 0 aliphatic carbocycles. The Bertz CT molecular complexity index is 317. The minimum atomic E-state index is -0.486. The first kappa shape index (κ1) is 9.90. The second-order valence-electron chi connectivity index (χ2n) is 3.05. The van der Waals surface area contributed by atoms with Gasteiger partial charge in [0, 0.05) is 5.56 Å². The van der Waals surface area contributed by atoms with Crippen LogP contribution >= 0.6 is 0 Å². The van der Waals surface area contributed by atoms with Crippen molar-refractivity contribution >= 4 is 5.57 Å². The van der Waals surface area contributed by atoms with Crippen molar-refractivity contribution in [2.24, 2.45) is 0 Å². The summed E-state index contributed by atoms with van der Waals surface area (Å²) in [4.78, 5) is 0. The summed E-state index contributed by atoms with van der Waals surface area (Å²) in [5, 5.41) is 0. The van der Waals surface area contributed by atoms with E-state index in [1.165, 1.54) is 12.1 Å². The number of benzene rings is 1. The lowest BCUT2D eigenvalue weighted by atomic mass is 10.0. The summed E-state index contributed by atoms with van der Waals surface area (Å²) in [6.45, 7) is 7.08. The SMILES string of the molecule is C=C(C)c1cc(F)c(CC)c(F)c1. The maximum Gasteiger partial charge on any atom is 0.129 e. The topological polar surface area (TPSA) is 0 Å². The zero-order chi connectivity index (χ0) is 10.0. The van der Waals surface area contributed by atoms with Crippen LogP contribution in [0.3, 0.4) is 0 Å². The molecule has 0 N–H and O–H groups in total. The molecule has 0 unspecified atom stereocenters. The van der Waals surface area contributed by atoms with E-state index in [0.29, 0.717) is 17.6 Å². The van der Waals surface area contributed by atoms with E-state index in [0.717, 1.165) is 0 Å². The van der Waals surface area contributed by atoms with Crippen LogP contribution in [0.5, 0.6) is 0 Å². The Balaban J connectivity index is 3.28. The zero-order valence-corrected chi connectivity index (χ0v) is 7.82. The summed E-state index contributed by atoms with van der Waals surface area (Å²) in [5.41, 5.74) is 1.33. The average molecular weight is 182 g/mol. The van der Waals surface area contributed by atoms with Crippen molar-refractivity contribution in [3.63, 3.8) is 0 Å². The summed E-state index contributed by atoms with van der Waals surface area (Å²) in [7, 11) is 0. The lowest BCUT2D eigenvalue weighted by Gasteiger charge is -2.05. The van der Waals surface area contributed by atoms with Gasteiger partial charge in [-0.15, -0.1) is 0 Å². The molecule has 0 heterocycles. The first-order chi connectivity index (χ1) is 6.06. The molecule has 0 amide bonds. The molecule has 0 saturated carbocycles. The van der Waals surface area contributed by atoms with E-state index in [1.54, 1.807) is 13.8 Å². The van der Waals surface area contributed by atoms with Gasteiger partial charge < -0.3 is 0 Å². The third kappa shape index (κ3) is 1.94. The molecule has 0 radical (unpaired) electrons. The molecule has 0 atom stereocenters. The van der Waals surface area contributed by atoms with Crippen molar-refractivity contribution in [1.82, 2.24) is 0 Å². The molecule has 1 rings (SSSR count). The van der Waals surface area contributed by atoms with E-state index in [-0.39, 0.29) is 5.56 Å². The highest BCUT2D eigenvalue weighted by atomic mass is 19.1. The van der Waals surface area contributed by atoms with Gasteiger partial charge in [-0.1, -0.05) is 19.1 Å². The fourth-order valence-electron chi connectivity index (χ4n) is 1.19.